The van der Waals surface area contributed by atoms with Crippen LogP contribution in [0.1, 0.15) is 41.4 Å². The molecule has 0 unspecified atom stereocenters. The van der Waals surface area contributed by atoms with Crippen LogP contribution in [0, 0.1) is 0 Å². The van der Waals surface area contributed by atoms with E-state index in [1.807, 2.05) is 24.3 Å². The molecule has 22 heavy (non-hydrogen) atoms. The van der Waals surface area contributed by atoms with E-state index in [0.717, 1.165) is 49.3 Å². The molecular formula is C18H19N3O. The molecule has 0 radical (unpaired) electrons. The summed E-state index contributed by atoms with van der Waals surface area (Å²) in [7, 11) is 0. The van der Waals surface area contributed by atoms with Crippen LogP contribution in [0.2, 0.25) is 0 Å². The summed E-state index contributed by atoms with van der Waals surface area (Å²) in [5.41, 5.74) is 5.19. The standard InChI is InChI=1S/C18H19N3O/c1-12-8-9-21(12)18-19-16-7-3-6-15(16)17(20-18)14-5-2-4-13(10-14)11-22/h2,4-5,10-12H,3,6-9H2,1H3/t12-/m0/s1. The normalized spacial score (nSPS) is 19.7. The van der Waals surface area contributed by atoms with Crippen LogP contribution in [0.25, 0.3) is 11.3 Å². The van der Waals surface area contributed by atoms with Gasteiger partial charge in [-0.1, -0.05) is 18.2 Å². The monoisotopic (exact) mass is 293 g/mol. The zero-order valence-corrected chi connectivity index (χ0v) is 12.7. The summed E-state index contributed by atoms with van der Waals surface area (Å²) < 4.78 is 0. The highest BCUT2D eigenvalue weighted by molar-refractivity contribution is 5.79. The number of fused-ring (bicyclic) bond motifs is 1. The van der Waals surface area contributed by atoms with E-state index >= 15 is 0 Å². The number of aldehydes is 1. The molecule has 0 amide bonds. The third-order valence-electron chi connectivity index (χ3n) is 4.79. The molecule has 1 aliphatic heterocycles. The molecule has 2 heterocycles. The van der Waals surface area contributed by atoms with Crippen molar-refractivity contribution in [3.63, 3.8) is 0 Å². The van der Waals surface area contributed by atoms with Crippen LogP contribution >= 0.6 is 0 Å². The molecule has 0 N–H and O–H groups in total. The van der Waals surface area contributed by atoms with Crippen LogP contribution in [0.15, 0.2) is 24.3 Å². The zero-order valence-electron chi connectivity index (χ0n) is 12.7. The van der Waals surface area contributed by atoms with Crippen LogP contribution in [0.5, 0.6) is 0 Å². The largest absolute Gasteiger partial charge is 0.338 e. The van der Waals surface area contributed by atoms with Gasteiger partial charge in [-0.2, -0.15) is 0 Å². The Hall–Kier alpha value is -2.23. The quantitative estimate of drug-likeness (QED) is 0.816. The van der Waals surface area contributed by atoms with Gasteiger partial charge in [0.25, 0.3) is 0 Å². The van der Waals surface area contributed by atoms with Crippen molar-refractivity contribution in [2.75, 3.05) is 11.4 Å². The Morgan fingerprint density at radius 3 is 2.91 bits per heavy atom. The van der Waals surface area contributed by atoms with Gasteiger partial charge < -0.3 is 4.90 Å². The highest BCUT2D eigenvalue weighted by Crippen LogP contribution is 2.34. The maximum Gasteiger partial charge on any atom is 0.226 e. The zero-order chi connectivity index (χ0) is 15.1. The average Bonchev–Trinajstić information content (AvgIpc) is 3.01. The first-order valence-electron chi connectivity index (χ1n) is 7.98. The molecule has 0 bridgehead atoms. The Morgan fingerprint density at radius 2 is 2.18 bits per heavy atom. The van der Waals surface area contributed by atoms with Gasteiger partial charge in [-0.05, 0) is 38.7 Å². The number of rotatable bonds is 3. The summed E-state index contributed by atoms with van der Waals surface area (Å²) in [5.74, 6) is 0.853. The first-order chi connectivity index (χ1) is 10.8. The molecule has 4 nitrogen and oxygen atoms in total. The van der Waals surface area contributed by atoms with Crippen molar-refractivity contribution in [2.45, 2.75) is 38.6 Å². The van der Waals surface area contributed by atoms with Crippen molar-refractivity contribution >= 4 is 12.2 Å². The van der Waals surface area contributed by atoms with Gasteiger partial charge in [-0.15, -0.1) is 0 Å². The number of nitrogens with zero attached hydrogens (tertiary/aromatic N) is 3. The third-order valence-corrected chi connectivity index (χ3v) is 4.79. The van der Waals surface area contributed by atoms with Crippen molar-refractivity contribution in [1.29, 1.82) is 0 Å². The molecule has 1 aromatic carbocycles. The lowest BCUT2D eigenvalue weighted by molar-refractivity contribution is 0.112. The number of carbonyl (C=O) groups excluding carboxylic acids is 1. The van der Waals surface area contributed by atoms with Gasteiger partial charge in [0.1, 0.15) is 6.29 Å². The molecule has 1 atom stereocenters. The second kappa shape index (κ2) is 5.20. The topological polar surface area (TPSA) is 46.1 Å². The second-order valence-electron chi connectivity index (χ2n) is 6.23. The van der Waals surface area contributed by atoms with E-state index in [1.165, 1.54) is 17.7 Å². The molecular weight excluding hydrogens is 274 g/mol. The fraction of sp³-hybridized carbons (Fsp3) is 0.389. The van der Waals surface area contributed by atoms with Gasteiger partial charge >= 0.3 is 0 Å². The van der Waals surface area contributed by atoms with Crippen LogP contribution < -0.4 is 4.90 Å². The molecule has 1 aromatic heterocycles. The summed E-state index contributed by atoms with van der Waals surface area (Å²) in [6.07, 6.45) is 5.31. The Bertz CT molecular complexity index is 741. The van der Waals surface area contributed by atoms with Crippen LogP contribution in [-0.2, 0) is 12.8 Å². The summed E-state index contributed by atoms with van der Waals surface area (Å²) >= 11 is 0. The van der Waals surface area contributed by atoms with Gasteiger partial charge in [-0.3, -0.25) is 4.79 Å². The smallest absolute Gasteiger partial charge is 0.226 e. The Morgan fingerprint density at radius 1 is 1.27 bits per heavy atom. The predicted molar refractivity (Wildman–Crippen MR) is 86.3 cm³/mol. The first kappa shape index (κ1) is 13.4. The number of hydrogen-bond donors (Lipinski definition) is 0. The molecule has 1 fully saturated rings. The van der Waals surface area contributed by atoms with Gasteiger partial charge in [-0.25, -0.2) is 9.97 Å². The SMILES string of the molecule is C[C@H]1CCN1c1nc2c(c(-c3cccc(C=O)c3)n1)CCC2. The average molecular weight is 293 g/mol. The summed E-state index contributed by atoms with van der Waals surface area (Å²) in [6, 6.07) is 8.24. The van der Waals surface area contributed by atoms with E-state index in [9.17, 15) is 4.79 Å². The van der Waals surface area contributed by atoms with Crippen molar-refractivity contribution < 1.29 is 4.79 Å². The number of aryl methyl sites for hydroxylation is 1. The lowest BCUT2D eigenvalue weighted by Crippen LogP contribution is -2.46. The van der Waals surface area contributed by atoms with Crippen molar-refractivity contribution in [3.05, 3.63) is 41.1 Å². The fourth-order valence-electron chi connectivity index (χ4n) is 3.36. The van der Waals surface area contributed by atoms with Crippen molar-refractivity contribution in [1.82, 2.24) is 9.97 Å². The number of anilines is 1. The van der Waals surface area contributed by atoms with Gasteiger partial charge in [0.05, 0.1) is 5.69 Å². The van der Waals surface area contributed by atoms with E-state index in [-0.39, 0.29) is 0 Å². The fourth-order valence-corrected chi connectivity index (χ4v) is 3.36. The van der Waals surface area contributed by atoms with Crippen molar-refractivity contribution in [2.24, 2.45) is 0 Å². The molecule has 1 saturated heterocycles. The minimum absolute atomic E-state index is 0.522. The number of benzene rings is 1. The molecule has 4 heteroatoms. The number of aromatic nitrogens is 2. The Balaban J connectivity index is 1.85. The maximum atomic E-state index is 11.1. The highest BCUT2D eigenvalue weighted by atomic mass is 16.1. The Kier molecular flexibility index (Phi) is 3.17. The first-order valence-corrected chi connectivity index (χ1v) is 7.98. The van der Waals surface area contributed by atoms with E-state index in [2.05, 4.69) is 11.8 Å². The van der Waals surface area contributed by atoms with Gasteiger partial charge in [0.15, 0.2) is 0 Å². The van der Waals surface area contributed by atoms with E-state index in [4.69, 9.17) is 9.97 Å². The van der Waals surface area contributed by atoms with E-state index in [1.54, 1.807) is 0 Å². The highest BCUT2D eigenvalue weighted by Gasteiger charge is 2.29. The maximum absolute atomic E-state index is 11.1. The summed E-state index contributed by atoms with van der Waals surface area (Å²) in [6.45, 7) is 3.25. The number of hydrogen-bond acceptors (Lipinski definition) is 4. The van der Waals surface area contributed by atoms with Gasteiger partial charge in [0.2, 0.25) is 5.95 Å². The minimum atomic E-state index is 0.522. The molecule has 0 spiro atoms. The number of carbonyl (C=O) groups is 1. The molecule has 4 rings (SSSR count). The Labute approximate surface area is 130 Å². The minimum Gasteiger partial charge on any atom is -0.338 e. The molecule has 2 aromatic rings. The molecule has 2 aliphatic rings. The molecule has 1 aliphatic carbocycles. The summed E-state index contributed by atoms with van der Waals surface area (Å²) in [5, 5.41) is 0. The van der Waals surface area contributed by atoms with Crippen LogP contribution in [0.4, 0.5) is 5.95 Å². The molecule has 112 valence electrons. The van der Waals surface area contributed by atoms with Crippen LogP contribution in [-0.4, -0.2) is 28.8 Å². The second-order valence-corrected chi connectivity index (χ2v) is 6.23. The van der Waals surface area contributed by atoms with Crippen molar-refractivity contribution in [3.8, 4) is 11.3 Å². The lowest BCUT2D eigenvalue weighted by Gasteiger charge is -2.39. The molecule has 0 saturated carbocycles. The van der Waals surface area contributed by atoms with E-state index < -0.39 is 0 Å². The van der Waals surface area contributed by atoms with Crippen LogP contribution in [0.3, 0.4) is 0 Å². The third kappa shape index (κ3) is 2.10. The van der Waals surface area contributed by atoms with Gasteiger partial charge in [0, 0.05) is 35.0 Å². The predicted octanol–water partition coefficient (Wildman–Crippen LogP) is 3.04. The summed E-state index contributed by atoms with van der Waals surface area (Å²) in [4.78, 5) is 23.0. The lowest BCUT2D eigenvalue weighted by atomic mass is 10.0. The van der Waals surface area contributed by atoms with E-state index in [0.29, 0.717) is 11.6 Å².